The Bertz CT molecular complexity index is 111. The molecule has 0 saturated carbocycles. The van der Waals surface area contributed by atoms with E-state index >= 15 is 0 Å². The predicted octanol–water partition coefficient (Wildman–Crippen LogP) is -0.198. The van der Waals surface area contributed by atoms with Gasteiger partial charge in [-0.25, -0.2) is 0 Å². The van der Waals surface area contributed by atoms with Crippen molar-refractivity contribution in [2.24, 2.45) is 0 Å². The van der Waals surface area contributed by atoms with E-state index in [2.05, 4.69) is 5.48 Å². The molecule has 1 unspecified atom stereocenters. The second kappa shape index (κ2) is 6.49. The van der Waals surface area contributed by atoms with Crippen molar-refractivity contribution >= 4 is 0 Å². The van der Waals surface area contributed by atoms with Crippen LogP contribution in [0.15, 0.2) is 0 Å². The van der Waals surface area contributed by atoms with Gasteiger partial charge in [0.25, 0.3) is 0 Å². The zero-order valence-corrected chi connectivity index (χ0v) is 6.00. The van der Waals surface area contributed by atoms with E-state index in [9.17, 15) is 0 Å². The maximum atomic E-state index is 8.28. The lowest BCUT2D eigenvalue weighted by Crippen LogP contribution is -2.26. The largest absolute Gasteiger partial charge is 0.394 e. The molecule has 58 valence electrons. The first-order chi connectivity index (χ1) is 4.81. The second-order valence-electron chi connectivity index (χ2n) is 1.95. The van der Waals surface area contributed by atoms with Crippen molar-refractivity contribution in [3.8, 4) is 6.07 Å². The molecule has 10 heavy (non-hydrogen) atoms. The van der Waals surface area contributed by atoms with Crippen molar-refractivity contribution in [2.45, 2.75) is 19.4 Å². The summed E-state index contributed by atoms with van der Waals surface area (Å²) in [7, 11) is 0. The average Bonchev–Trinajstić information content (AvgIpc) is 1.89. The molecular formula is C6H12N2O2. The Balaban J connectivity index is 3.06. The zero-order chi connectivity index (χ0) is 7.82. The van der Waals surface area contributed by atoms with Gasteiger partial charge in [0.15, 0.2) is 0 Å². The van der Waals surface area contributed by atoms with E-state index in [0.29, 0.717) is 6.42 Å². The Hall–Kier alpha value is -0.630. The second-order valence-corrected chi connectivity index (χ2v) is 1.95. The molecule has 0 rings (SSSR count). The van der Waals surface area contributed by atoms with Crippen molar-refractivity contribution < 1.29 is 9.94 Å². The van der Waals surface area contributed by atoms with Gasteiger partial charge in [-0.3, -0.25) is 4.84 Å². The highest BCUT2D eigenvalue weighted by molar-refractivity contribution is 4.75. The highest BCUT2D eigenvalue weighted by Gasteiger charge is 1.97. The monoisotopic (exact) mass is 144 g/mol. The third-order valence-electron chi connectivity index (χ3n) is 0.875. The molecule has 0 aromatic carbocycles. The molecule has 0 aliphatic heterocycles. The van der Waals surface area contributed by atoms with Gasteiger partial charge in [-0.05, 0) is 6.92 Å². The molecule has 4 nitrogen and oxygen atoms in total. The molecule has 0 aliphatic carbocycles. The highest BCUT2D eigenvalue weighted by atomic mass is 16.6. The van der Waals surface area contributed by atoms with Gasteiger partial charge < -0.3 is 5.11 Å². The summed E-state index contributed by atoms with van der Waals surface area (Å²) in [6.07, 6.45) is 0.408. The van der Waals surface area contributed by atoms with Gasteiger partial charge in [-0.15, -0.1) is 0 Å². The van der Waals surface area contributed by atoms with Crippen LogP contribution in [0.4, 0.5) is 0 Å². The molecule has 0 aromatic heterocycles. The van der Waals surface area contributed by atoms with E-state index in [0.717, 1.165) is 0 Å². The summed E-state index contributed by atoms with van der Waals surface area (Å²) in [6.45, 7) is 2.09. The summed E-state index contributed by atoms with van der Waals surface area (Å²) in [4.78, 5) is 4.75. The minimum atomic E-state index is -0.00767. The molecule has 4 heteroatoms. The third-order valence-corrected chi connectivity index (χ3v) is 0.875. The van der Waals surface area contributed by atoms with Gasteiger partial charge in [0, 0.05) is 6.04 Å². The van der Waals surface area contributed by atoms with Crippen molar-refractivity contribution in [1.82, 2.24) is 5.48 Å². The number of aliphatic hydroxyl groups excluding tert-OH is 1. The Labute approximate surface area is 60.4 Å². The summed E-state index contributed by atoms with van der Waals surface area (Å²) in [5.74, 6) is 0. The van der Waals surface area contributed by atoms with E-state index < -0.39 is 0 Å². The van der Waals surface area contributed by atoms with Gasteiger partial charge in [0.2, 0.25) is 0 Å². The van der Waals surface area contributed by atoms with E-state index in [-0.39, 0.29) is 19.3 Å². The molecule has 1 atom stereocenters. The highest BCUT2D eigenvalue weighted by Crippen LogP contribution is 1.86. The van der Waals surface area contributed by atoms with Gasteiger partial charge in [-0.1, -0.05) is 0 Å². The summed E-state index contributed by atoms with van der Waals surface area (Å²) in [5.41, 5.74) is 2.60. The topological polar surface area (TPSA) is 65.3 Å². The average molecular weight is 144 g/mol. The minimum absolute atomic E-state index is 0.00767. The number of nitriles is 1. The van der Waals surface area contributed by atoms with Crippen LogP contribution in [0.25, 0.3) is 0 Å². The molecule has 2 N–H and O–H groups in total. The van der Waals surface area contributed by atoms with Crippen LogP contribution in [-0.2, 0) is 4.84 Å². The Morgan fingerprint density at radius 2 is 2.50 bits per heavy atom. The summed E-state index contributed by atoms with van der Waals surface area (Å²) in [6, 6.07) is 2.01. The zero-order valence-electron chi connectivity index (χ0n) is 6.00. The first kappa shape index (κ1) is 9.37. The van der Waals surface area contributed by atoms with Crippen LogP contribution in [0.5, 0.6) is 0 Å². The molecule has 0 aromatic rings. The molecule has 0 aliphatic rings. The normalized spacial score (nSPS) is 12.5. The minimum Gasteiger partial charge on any atom is -0.394 e. The Morgan fingerprint density at radius 3 is 3.00 bits per heavy atom. The van der Waals surface area contributed by atoms with Crippen LogP contribution >= 0.6 is 0 Å². The fourth-order valence-electron chi connectivity index (χ4n) is 0.425. The Kier molecular flexibility index (Phi) is 6.08. The van der Waals surface area contributed by atoms with Gasteiger partial charge in [0.1, 0.15) is 0 Å². The van der Waals surface area contributed by atoms with Crippen LogP contribution in [0, 0.1) is 11.3 Å². The quantitative estimate of drug-likeness (QED) is 0.414. The molecule has 0 fully saturated rings. The van der Waals surface area contributed by atoms with E-state index in [1.807, 2.05) is 13.0 Å². The van der Waals surface area contributed by atoms with Crippen LogP contribution in [0.3, 0.4) is 0 Å². The molecule has 0 radical (unpaired) electrons. The smallest absolute Gasteiger partial charge is 0.0913 e. The standard InChI is InChI=1S/C6H12N2O2/c1-6(2-3-7)8-10-5-4-9/h6,8-9H,2,4-5H2,1H3. The third kappa shape index (κ3) is 5.51. The number of nitrogens with one attached hydrogen (secondary N) is 1. The van der Waals surface area contributed by atoms with E-state index in [1.54, 1.807) is 0 Å². The van der Waals surface area contributed by atoms with Crippen LogP contribution < -0.4 is 5.48 Å². The van der Waals surface area contributed by atoms with Crippen molar-refractivity contribution in [2.75, 3.05) is 13.2 Å². The lowest BCUT2D eigenvalue weighted by atomic mass is 10.3. The molecule has 0 heterocycles. The molecule has 0 amide bonds. The first-order valence-electron chi connectivity index (χ1n) is 3.16. The summed E-state index contributed by atoms with van der Waals surface area (Å²) >= 11 is 0. The molecule has 0 bridgehead atoms. The molecular weight excluding hydrogens is 132 g/mol. The van der Waals surface area contributed by atoms with Crippen molar-refractivity contribution in [3.63, 3.8) is 0 Å². The van der Waals surface area contributed by atoms with Crippen LogP contribution in [-0.4, -0.2) is 24.4 Å². The fraction of sp³-hybridized carbons (Fsp3) is 0.833. The number of hydrogen-bond donors (Lipinski definition) is 2. The number of hydroxylamine groups is 1. The van der Waals surface area contributed by atoms with Gasteiger partial charge in [-0.2, -0.15) is 10.7 Å². The number of aliphatic hydroxyl groups is 1. The number of rotatable bonds is 5. The van der Waals surface area contributed by atoms with Crippen LogP contribution in [0.1, 0.15) is 13.3 Å². The lowest BCUT2D eigenvalue weighted by Gasteiger charge is -2.08. The van der Waals surface area contributed by atoms with Gasteiger partial charge in [0.05, 0.1) is 25.7 Å². The van der Waals surface area contributed by atoms with E-state index in [4.69, 9.17) is 15.2 Å². The summed E-state index contributed by atoms with van der Waals surface area (Å²) in [5, 5.41) is 16.5. The maximum Gasteiger partial charge on any atom is 0.0913 e. The van der Waals surface area contributed by atoms with Gasteiger partial charge >= 0.3 is 0 Å². The van der Waals surface area contributed by atoms with Crippen molar-refractivity contribution in [3.05, 3.63) is 0 Å². The number of hydrogen-bond acceptors (Lipinski definition) is 4. The maximum absolute atomic E-state index is 8.28. The molecule has 0 saturated heterocycles. The fourth-order valence-corrected chi connectivity index (χ4v) is 0.425. The first-order valence-corrected chi connectivity index (χ1v) is 3.16. The lowest BCUT2D eigenvalue weighted by molar-refractivity contribution is 0.000947. The number of nitrogens with zero attached hydrogens (tertiary/aromatic N) is 1. The van der Waals surface area contributed by atoms with Crippen LogP contribution in [0.2, 0.25) is 0 Å². The molecule has 0 spiro atoms. The summed E-state index contributed by atoms with van der Waals surface area (Å²) < 4.78 is 0. The SMILES string of the molecule is CC(CC#N)NOCCO. The van der Waals surface area contributed by atoms with Crippen molar-refractivity contribution in [1.29, 1.82) is 5.26 Å². The van der Waals surface area contributed by atoms with E-state index in [1.165, 1.54) is 0 Å². The predicted molar refractivity (Wildman–Crippen MR) is 35.9 cm³/mol. The Morgan fingerprint density at radius 1 is 1.80 bits per heavy atom.